The summed E-state index contributed by atoms with van der Waals surface area (Å²) >= 11 is 1.70. The van der Waals surface area contributed by atoms with Crippen molar-refractivity contribution in [3.8, 4) is 0 Å². The lowest BCUT2D eigenvalue weighted by atomic mass is 9.74. The Morgan fingerprint density at radius 1 is 1.33 bits per heavy atom. The van der Waals surface area contributed by atoms with Crippen LogP contribution in [0.1, 0.15) is 49.2 Å². The molecule has 0 spiro atoms. The number of imidazole rings is 1. The van der Waals surface area contributed by atoms with Gasteiger partial charge in [-0.15, -0.1) is 11.3 Å². The number of aliphatic hydroxyl groups excluding tert-OH is 1. The van der Waals surface area contributed by atoms with Crippen molar-refractivity contribution in [2.45, 2.75) is 52.5 Å². The summed E-state index contributed by atoms with van der Waals surface area (Å²) < 4.78 is 2.25. The van der Waals surface area contributed by atoms with Gasteiger partial charge in [0, 0.05) is 36.2 Å². The average Bonchev–Trinajstić information content (AvgIpc) is 3.00. The zero-order valence-corrected chi connectivity index (χ0v) is 13.8. The van der Waals surface area contributed by atoms with Crippen LogP contribution in [0.15, 0.2) is 5.38 Å². The molecule has 5 heteroatoms. The van der Waals surface area contributed by atoms with Gasteiger partial charge in [-0.2, -0.15) is 0 Å². The first-order valence-corrected chi connectivity index (χ1v) is 8.77. The lowest BCUT2D eigenvalue weighted by molar-refractivity contribution is 0.0809. The number of aryl methyl sites for hydroxylation is 2. The van der Waals surface area contributed by atoms with E-state index in [1.165, 1.54) is 30.7 Å². The zero-order chi connectivity index (χ0) is 14.9. The van der Waals surface area contributed by atoms with Gasteiger partial charge in [0.2, 0.25) is 0 Å². The van der Waals surface area contributed by atoms with Crippen LogP contribution >= 0.6 is 11.3 Å². The minimum Gasteiger partial charge on any atom is -0.396 e. The maximum atomic E-state index is 9.78. The molecule has 1 aliphatic rings. The quantitative estimate of drug-likeness (QED) is 0.892. The molecule has 0 saturated heterocycles. The summed E-state index contributed by atoms with van der Waals surface area (Å²) in [6.45, 7) is 6.24. The number of rotatable bonds is 5. The van der Waals surface area contributed by atoms with Gasteiger partial charge in [0.25, 0.3) is 0 Å². The minimum atomic E-state index is 0.0969. The summed E-state index contributed by atoms with van der Waals surface area (Å²) in [5.74, 6) is 0. The molecule has 0 radical (unpaired) electrons. The smallest absolute Gasteiger partial charge is 0.194 e. The van der Waals surface area contributed by atoms with Crippen LogP contribution in [0.4, 0.5) is 0 Å². The molecule has 0 amide bonds. The van der Waals surface area contributed by atoms with Gasteiger partial charge in [-0.05, 0) is 26.7 Å². The van der Waals surface area contributed by atoms with E-state index in [0.717, 1.165) is 36.6 Å². The van der Waals surface area contributed by atoms with Crippen LogP contribution in [0.25, 0.3) is 4.96 Å². The molecule has 1 aliphatic carbocycles. The maximum Gasteiger partial charge on any atom is 0.194 e. The monoisotopic (exact) mass is 307 g/mol. The molecule has 2 aromatic heterocycles. The molecule has 2 aromatic rings. The van der Waals surface area contributed by atoms with Crippen molar-refractivity contribution in [1.29, 1.82) is 0 Å². The predicted octanol–water partition coefficient (Wildman–Crippen LogP) is 3.05. The normalized spacial score (nSPS) is 18.4. The maximum absolute atomic E-state index is 9.78. The van der Waals surface area contributed by atoms with E-state index in [0.29, 0.717) is 6.61 Å². The molecule has 0 bridgehead atoms. The van der Waals surface area contributed by atoms with Crippen molar-refractivity contribution in [2.75, 3.05) is 13.2 Å². The first kappa shape index (κ1) is 15.0. The molecule has 0 unspecified atom stereocenters. The highest BCUT2D eigenvalue weighted by Gasteiger charge is 2.31. The number of nitrogens with zero attached hydrogens (tertiary/aromatic N) is 2. The van der Waals surface area contributed by atoms with Crippen LogP contribution in [-0.2, 0) is 6.54 Å². The van der Waals surface area contributed by atoms with Crippen molar-refractivity contribution in [3.63, 3.8) is 0 Å². The molecule has 1 saturated carbocycles. The van der Waals surface area contributed by atoms with Gasteiger partial charge in [-0.3, -0.25) is 4.40 Å². The minimum absolute atomic E-state index is 0.0969. The molecular formula is C16H25N3OS. The highest BCUT2D eigenvalue weighted by atomic mass is 32.1. The first-order chi connectivity index (χ1) is 10.2. The summed E-state index contributed by atoms with van der Waals surface area (Å²) in [6.07, 6.45) is 6.12. The highest BCUT2D eigenvalue weighted by Crippen LogP contribution is 2.35. The molecule has 0 aliphatic heterocycles. The first-order valence-electron chi connectivity index (χ1n) is 7.89. The van der Waals surface area contributed by atoms with E-state index in [1.54, 1.807) is 11.3 Å². The Labute approximate surface area is 130 Å². The van der Waals surface area contributed by atoms with Gasteiger partial charge in [-0.1, -0.05) is 19.3 Å². The van der Waals surface area contributed by atoms with E-state index in [1.807, 2.05) is 0 Å². The van der Waals surface area contributed by atoms with Crippen LogP contribution < -0.4 is 5.32 Å². The van der Waals surface area contributed by atoms with E-state index >= 15 is 0 Å². The number of aliphatic hydroxyl groups is 1. The Bertz CT molecular complexity index is 610. The fraction of sp³-hybridized carbons (Fsp3) is 0.688. The Kier molecular flexibility index (Phi) is 4.33. The molecule has 116 valence electrons. The van der Waals surface area contributed by atoms with Crippen molar-refractivity contribution in [1.82, 2.24) is 14.7 Å². The van der Waals surface area contributed by atoms with Crippen LogP contribution in [0.3, 0.4) is 0 Å². The molecule has 0 aromatic carbocycles. The summed E-state index contributed by atoms with van der Waals surface area (Å²) in [5.41, 5.74) is 3.72. The molecule has 4 nitrogen and oxygen atoms in total. The standard InChI is InChI=1S/C16H25N3OS/c1-12-9-21-15-18-13(2)14(19(12)15)8-17-10-16(11-20)6-4-3-5-7-16/h9,17,20H,3-8,10-11H2,1-2H3. The lowest BCUT2D eigenvalue weighted by Crippen LogP contribution is -2.39. The molecular weight excluding hydrogens is 282 g/mol. The third kappa shape index (κ3) is 2.87. The van der Waals surface area contributed by atoms with E-state index in [9.17, 15) is 5.11 Å². The molecule has 21 heavy (non-hydrogen) atoms. The van der Waals surface area contributed by atoms with Gasteiger partial charge in [-0.25, -0.2) is 4.98 Å². The molecule has 2 N–H and O–H groups in total. The van der Waals surface area contributed by atoms with Gasteiger partial charge in [0.15, 0.2) is 4.96 Å². The number of fused-ring (bicyclic) bond motifs is 1. The van der Waals surface area contributed by atoms with Gasteiger partial charge < -0.3 is 10.4 Å². The van der Waals surface area contributed by atoms with Crippen molar-refractivity contribution in [2.24, 2.45) is 5.41 Å². The SMILES string of the molecule is Cc1nc2scc(C)n2c1CNCC1(CO)CCCCC1. The molecule has 2 heterocycles. The summed E-state index contributed by atoms with van der Waals surface area (Å²) in [6, 6.07) is 0. The van der Waals surface area contributed by atoms with E-state index < -0.39 is 0 Å². The number of aromatic nitrogens is 2. The van der Waals surface area contributed by atoms with E-state index in [2.05, 4.69) is 33.9 Å². The van der Waals surface area contributed by atoms with Crippen LogP contribution in [0.5, 0.6) is 0 Å². The van der Waals surface area contributed by atoms with Crippen molar-refractivity contribution >= 4 is 16.3 Å². The second-order valence-electron chi connectivity index (χ2n) is 6.46. The van der Waals surface area contributed by atoms with Crippen LogP contribution in [0, 0.1) is 19.3 Å². The Morgan fingerprint density at radius 2 is 2.10 bits per heavy atom. The predicted molar refractivity (Wildman–Crippen MR) is 86.9 cm³/mol. The topological polar surface area (TPSA) is 49.6 Å². The molecule has 0 atom stereocenters. The van der Waals surface area contributed by atoms with E-state index in [4.69, 9.17) is 0 Å². The van der Waals surface area contributed by atoms with Crippen LogP contribution in [-0.4, -0.2) is 27.6 Å². The van der Waals surface area contributed by atoms with Crippen molar-refractivity contribution in [3.05, 3.63) is 22.5 Å². The lowest BCUT2D eigenvalue weighted by Gasteiger charge is -2.35. The summed E-state index contributed by atoms with van der Waals surface area (Å²) in [7, 11) is 0. The number of hydrogen-bond donors (Lipinski definition) is 2. The second kappa shape index (κ2) is 6.07. The van der Waals surface area contributed by atoms with Crippen molar-refractivity contribution < 1.29 is 5.11 Å². The molecule has 1 fully saturated rings. The highest BCUT2D eigenvalue weighted by molar-refractivity contribution is 7.15. The number of thiazole rings is 1. The van der Waals surface area contributed by atoms with E-state index in [-0.39, 0.29) is 5.41 Å². The summed E-state index contributed by atoms with van der Waals surface area (Å²) in [4.78, 5) is 5.71. The Morgan fingerprint density at radius 3 is 2.81 bits per heavy atom. The third-order valence-corrected chi connectivity index (χ3v) is 5.82. The Hall–Kier alpha value is -0.910. The van der Waals surface area contributed by atoms with Gasteiger partial charge in [0.05, 0.1) is 11.4 Å². The second-order valence-corrected chi connectivity index (χ2v) is 7.30. The summed E-state index contributed by atoms with van der Waals surface area (Å²) in [5, 5.41) is 15.5. The van der Waals surface area contributed by atoms with Crippen LogP contribution in [0.2, 0.25) is 0 Å². The van der Waals surface area contributed by atoms with Gasteiger partial charge >= 0.3 is 0 Å². The fourth-order valence-electron chi connectivity index (χ4n) is 3.51. The largest absolute Gasteiger partial charge is 0.396 e. The fourth-order valence-corrected chi connectivity index (χ4v) is 4.44. The van der Waals surface area contributed by atoms with Gasteiger partial charge in [0.1, 0.15) is 0 Å². The average molecular weight is 307 g/mol. The Balaban J connectivity index is 1.69. The number of hydrogen-bond acceptors (Lipinski definition) is 4. The third-order valence-electron chi connectivity index (χ3n) is 4.87. The number of nitrogens with one attached hydrogen (secondary N) is 1. The zero-order valence-electron chi connectivity index (χ0n) is 13.0. The molecule has 3 rings (SSSR count).